The van der Waals surface area contributed by atoms with Gasteiger partial charge in [-0.2, -0.15) is 0 Å². The van der Waals surface area contributed by atoms with Crippen LogP contribution in [0.2, 0.25) is 0 Å². The Morgan fingerprint density at radius 3 is 1.28 bits per heavy atom. The van der Waals surface area contributed by atoms with Crippen molar-refractivity contribution >= 4 is 17.7 Å². The molecule has 71 heavy (non-hydrogen) atoms. The Labute approximate surface area is 447 Å². The van der Waals surface area contributed by atoms with Gasteiger partial charge < -0.3 is 34.6 Å². The van der Waals surface area contributed by atoms with Gasteiger partial charge in [0.25, 0.3) is 0 Å². The summed E-state index contributed by atoms with van der Waals surface area (Å²) in [6.45, 7) is 73.6. The smallest absolute Gasteiger partial charge is 0.309 e. The van der Waals surface area contributed by atoms with Crippen LogP contribution in [0.4, 0.5) is 0 Å². The minimum atomic E-state index is -2.25. The first-order chi connectivity index (χ1) is 33.9. The maximum atomic E-state index is 13.4. The van der Waals surface area contributed by atoms with Gasteiger partial charge in [0.15, 0.2) is 17.0 Å². The van der Waals surface area contributed by atoms with Gasteiger partial charge in [0, 0.05) is 29.1 Å². The minimum Gasteiger partial charge on any atom is -0.457 e. The minimum absolute atomic E-state index is 0.230. The summed E-state index contributed by atoms with van der Waals surface area (Å²) in [6.07, 6.45) is -0.125. The van der Waals surface area contributed by atoms with Gasteiger partial charge in [-0.05, 0) is 25.3 Å². The predicted octanol–water partition coefficient (Wildman–Crippen LogP) is 17.1. The maximum Gasteiger partial charge on any atom is 0.309 e. The van der Waals surface area contributed by atoms with E-state index in [4.69, 9.17) is 14.2 Å². The molecule has 1 heterocycles. The number of fused-ring (bicyclic) bond motifs is 7. The molecule has 0 aromatic carbocycles. The Morgan fingerprint density at radius 2 is 0.972 bits per heavy atom. The van der Waals surface area contributed by atoms with E-state index in [1.54, 1.807) is 27.7 Å². The number of ketones is 1. The van der Waals surface area contributed by atoms with Crippen LogP contribution >= 0.6 is 0 Å². The SMILES string of the molecule is CC.CC.CC.CC.CC.CC.CC.CC.CC.CC.CC.CC.CC.CC.CCC.CCC(C)C(=O)OC1C(C)C2(O)C(C(O)C3(CO)OC3C3(O)C(=O)C(C)=CC32)C2C(C)(C)C12OC(=O)C(C)CC. The number of ether oxygens (including phenoxy) is 3. The molecule has 10 nitrogen and oxygen atoms in total. The number of carbonyl (C=O) groups excluding carboxylic acids is 3. The number of hydrogen-bond acceptors (Lipinski definition) is 10. The second-order valence-corrected chi connectivity index (χ2v) is 14.3. The molecule has 5 aliphatic rings. The number of rotatable bonds is 7. The van der Waals surface area contributed by atoms with Crippen LogP contribution in [0.15, 0.2) is 11.6 Å². The topological polar surface area (TPSA) is 163 Å². The quantitative estimate of drug-likeness (QED) is 0.143. The molecule has 0 amide bonds. The van der Waals surface area contributed by atoms with E-state index in [1.807, 2.05) is 222 Å². The van der Waals surface area contributed by atoms with Crippen molar-refractivity contribution in [2.45, 2.75) is 323 Å². The largest absolute Gasteiger partial charge is 0.457 e. The summed E-state index contributed by atoms with van der Waals surface area (Å²) >= 11 is 0. The third-order valence-corrected chi connectivity index (χ3v) is 11.5. The number of Topliss-reactive ketones (excluding diaryl/α,β-unsaturated/α-hetero) is 1. The number of carbonyl (C=O) groups is 3. The molecule has 3 saturated carbocycles. The van der Waals surface area contributed by atoms with E-state index >= 15 is 0 Å². The van der Waals surface area contributed by atoms with E-state index < -0.39 is 106 Å². The number of esters is 2. The standard InChI is InChI=1S/C30H44O10.C3H8.14C2H6/c1-9-13(3)23(34)38-22-16(6)28(36)17-11-15(5)20(32)29(17,37)25-27(12-31,40-25)21(33)18(28)19-26(7,8)30(19,22)39-24(35)14(4)10-2;1-3-2;14*1-2/h11,13-14,16-19,21-22,25,31,33,36-37H,9-10,12H2,1-8H3;3H2,1-2H3;14*1-2H3. The zero-order valence-electron chi connectivity index (χ0n) is 55.3. The lowest BCUT2D eigenvalue weighted by atomic mass is 9.57. The molecule has 0 aromatic rings. The first kappa shape index (κ1) is 95.0. The molecule has 13 unspecified atom stereocenters. The van der Waals surface area contributed by atoms with E-state index in [0.717, 1.165) is 0 Å². The average molecular weight is 1030 g/mol. The molecule has 1 aliphatic heterocycles. The molecule has 13 atom stereocenters. The monoisotopic (exact) mass is 1030 g/mol. The summed E-state index contributed by atoms with van der Waals surface area (Å²) in [7, 11) is 0. The highest BCUT2D eigenvalue weighted by Gasteiger charge is 2.93. The highest BCUT2D eigenvalue weighted by molar-refractivity contribution is 6.05. The van der Waals surface area contributed by atoms with Crippen LogP contribution in [0.25, 0.3) is 0 Å². The number of hydrogen-bond donors (Lipinski definition) is 4. The summed E-state index contributed by atoms with van der Waals surface area (Å²) in [5, 5.41) is 47.3. The Hall–Kier alpha value is -1.85. The molecule has 0 bridgehead atoms. The first-order valence-corrected chi connectivity index (χ1v) is 30.0. The van der Waals surface area contributed by atoms with Gasteiger partial charge in [0.1, 0.15) is 17.8 Å². The molecule has 0 aromatic heterocycles. The van der Waals surface area contributed by atoms with Crippen molar-refractivity contribution in [3.8, 4) is 0 Å². The van der Waals surface area contributed by atoms with Gasteiger partial charge in [0.05, 0.1) is 30.1 Å². The molecule has 1 saturated heterocycles. The van der Waals surface area contributed by atoms with E-state index in [2.05, 4.69) is 13.8 Å². The molecule has 440 valence electrons. The molecular weight excluding hydrogens is 893 g/mol. The van der Waals surface area contributed by atoms with Gasteiger partial charge in [-0.3, -0.25) is 14.4 Å². The Kier molecular flexibility index (Phi) is 72.8. The second-order valence-electron chi connectivity index (χ2n) is 14.3. The summed E-state index contributed by atoms with van der Waals surface area (Å²) < 4.78 is 18.3. The molecule has 4 aliphatic carbocycles. The van der Waals surface area contributed by atoms with Crippen LogP contribution in [-0.4, -0.2) is 85.5 Å². The van der Waals surface area contributed by atoms with Crippen LogP contribution in [0.5, 0.6) is 0 Å². The third kappa shape index (κ3) is 21.4. The fraction of sp³-hybridized carbons (Fsp3) is 0.918. The molecule has 4 N–H and O–H groups in total. The van der Waals surface area contributed by atoms with Gasteiger partial charge >= 0.3 is 11.9 Å². The van der Waals surface area contributed by atoms with Crippen LogP contribution in [0.3, 0.4) is 0 Å². The lowest BCUT2D eigenvalue weighted by Crippen LogP contribution is -2.69. The van der Waals surface area contributed by atoms with Gasteiger partial charge in [0.2, 0.25) is 0 Å². The van der Waals surface area contributed by atoms with Crippen molar-refractivity contribution < 1.29 is 49.0 Å². The summed E-state index contributed by atoms with van der Waals surface area (Å²) in [4.78, 5) is 40.0. The van der Waals surface area contributed by atoms with Crippen molar-refractivity contribution in [1.29, 1.82) is 0 Å². The molecule has 4 fully saturated rings. The van der Waals surface area contributed by atoms with Crippen molar-refractivity contribution in [3.05, 3.63) is 11.6 Å². The molecule has 5 rings (SSSR count). The first-order valence-electron chi connectivity index (χ1n) is 30.0. The normalized spacial score (nSPS) is 29.2. The van der Waals surface area contributed by atoms with Gasteiger partial charge in [-0.15, -0.1) is 0 Å². The Balaban J connectivity index is -0.000000110. The lowest BCUT2D eigenvalue weighted by Gasteiger charge is -2.54. The fourth-order valence-electron chi connectivity index (χ4n) is 8.52. The average Bonchev–Trinajstić information content (AvgIpc) is 4.31. The molecule has 10 heteroatoms. The van der Waals surface area contributed by atoms with E-state index in [9.17, 15) is 34.8 Å². The zero-order valence-corrected chi connectivity index (χ0v) is 55.3. The number of epoxide rings is 1. The van der Waals surface area contributed by atoms with E-state index in [1.165, 1.54) is 12.5 Å². The molecule has 0 spiro atoms. The van der Waals surface area contributed by atoms with Crippen LogP contribution in [-0.2, 0) is 28.6 Å². The lowest BCUT2D eigenvalue weighted by molar-refractivity contribution is -0.252. The van der Waals surface area contributed by atoms with Crippen LogP contribution in [0, 0.1) is 40.9 Å². The highest BCUT2D eigenvalue weighted by Crippen LogP contribution is 2.79. The van der Waals surface area contributed by atoms with Crippen LogP contribution < -0.4 is 0 Å². The maximum absolute atomic E-state index is 13.4. The highest BCUT2D eigenvalue weighted by atomic mass is 16.7. The fourth-order valence-corrected chi connectivity index (χ4v) is 8.52. The van der Waals surface area contributed by atoms with Crippen molar-refractivity contribution in [2.75, 3.05) is 6.61 Å². The van der Waals surface area contributed by atoms with Gasteiger partial charge in [-0.1, -0.05) is 269 Å². The number of aliphatic hydroxyl groups excluding tert-OH is 2. The molecule has 0 radical (unpaired) electrons. The Morgan fingerprint density at radius 1 is 0.648 bits per heavy atom. The molecular formula is C61H136O10. The van der Waals surface area contributed by atoms with E-state index in [0.29, 0.717) is 12.8 Å². The van der Waals surface area contributed by atoms with Crippen molar-refractivity contribution in [3.63, 3.8) is 0 Å². The van der Waals surface area contributed by atoms with Crippen LogP contribution in [0.1, 0.15) is 282 Å². The summed E-state index contributed by atoms with van der Waals surface area (Å²) in [5.41, 5.74) is -8.00. The van der Waals surface area contributed by atoms with Crippen molar-refractivity contribution in [2.24, 2.45) is 40.9 Å². The second kappa shape index (κ2) is 54.4. The predicted molar refractivity (Wildman–Crippen MR) is 315 cm³/mol. The third-order valence-electron chi connectivity index (χ3n) is 11.5. The summed E-state index contributed by atoms with van der Waals surface area (Å²) in [6, 6.07) is 0. The van der Waals surface area contributed by atoms with Crippen molar-refractivity contribution in [1.82, 2.24) is 0 Å². The number of aliphatic hydroxyl groups is 4. The van der Waals surface area contributed by atoms with Gasteiger partial charge in [-0.25, -0.2) is 0 Å². The Bertz CT molecular complexity index is 1190. The van der Waals surface area contributed by atoms with E-state index in [-0.39, 0.29) is 5.57 Å². The zero-order chi connectivity index (χ0) is 60.7. The summed E-state index contributed by atoms with van der Waals surface area (Å²) in [5.74, 6) is -6.64.